The van der Waals surface area contributed by atoms with Gasteiger partial charge in [0.2, 0.25) is 0 Å². The van der Waals surface area contributed by atoms with Gasteiger partial charge in [-0.1, -0.05) is 42.5 Å². The van der Waals surface area contributed by atoms with Crippen molar-refractivity contribution in [2.45, 2.75) is 44.8 Å². The van der Waals surface area contributed by atoms with Gasteiger partial charge in [-0.2, -0.15) is 5.10 Å². The van der Waals surface area contributed by atoms with E-state index in [-0.39, 0.29) is 0 Å². The summed E-state index contributed by atoms with van der Waals surface area (Å²) in [5.41, 5.74) is 5.98. The monoisotopic (exact) mass is 423 g/mol. The van der Waals surface area contributed by atoms with Crippen molar-refractivity contribution < 1.29 is 13.3 Å². The van der Waals surface area contributed by atoms with Gasteiger partial charge >= 0.3 is 0 Å². The first-order valence-electron chi connectivity index (χ1n) is 10.5. The molecule has 6 nitrogen and oxygen atoms in total. The fourth-order valence-corrected chi connectivity index (χ4v) is 6.75. The van der Waals surface area contributed by atoms with E-state index in [0.717, 1.165) is 42.9 Å². The highest BCUT2D eigenvalue weighted by Crippen LogP contribution is 2.34. The summed E-state index contributed by atoms with van der Waals surface area (Å²) in [5, 5.41) is 4.64. The smallest absolute Gasteiger partial charge is 0.268 e. The maximum atomic E-state index is 13.6. The summed E-state index contributed by atoms with van der Waals surface area (Å²) in [6.07, 6.45) is 1.79. The van der Waals surface area contributed by atoms with E-state index in [4.69, 9.17) is 0 Å². The molecule has 1 aromatic heterocycles. The lowest BCUT2D eigenvalue weighted by Crippen LogP contribution is -3.11. The average molecular weight is 424 g/mol. The molecule has 2 aliphatic rings. The Labute approximate surface area is 177 Å². The molecule has 0 saturated heterocycles. The second kappa shape index (κ2) is 7.25. The molecular weight excluding hydrogens is 396 g/mol. The maximum absolute atomic E-state index is 13.6. The molecule has 0 bridgehead atoms. The third-order valence-electron chi connectivity index (χ3n) is 6.39. The minimum Gasteiger partial charge on any atom is -0.312 e. The molecule has 0 fully saturated rings. The maximum Gasteiger partial charge on any atom is 0.268 e. The van der Waals surface area contributed by atoms with E-state index in [0.29, 0.717) is 23.8 Å². The number of aryl methyl sites for hydroxylation is 1. The largest absolute Gasteiger partial charge is 0.312 e. The van der Waals surface area contributed by atoms with Crippen LogP contribution in [-0.4, -0.2) is 31.3 Å². The van der Waals surface area contributed by atoms with E-state index in [1.54, 1.807) is 11.2 Å². The summed E-state index contributed by atoms with van der Waals surface area (Å²) in [6.45, 7) is 6.81. The predicted octanol–water partition coefficient (Wildman–Crippen LogP) is 1.85. The van der Waals surface area contributed by atoms with Gasteiger partial charge in [-0.15, -0.1) is 0 Å². The van der Waals surface area contributed by atoms with Gasteiger partial charge in [0, 0.05) is 18.5 Å². The van der Waals surface area contributed by atoms with E-state index < -0.39 is 10.0 Å². The molecule has 156 valence electrons. The van der Waals surface area contributed by atoms with Crippen LogP contribution in [-0.2, 0) is 36.1 Å². The number of aromatic nitrogens is 2. The zero-order valence-electron chi connectivity index (χ0n) is 17.4. The first kappa shape index (κ1) is 19.3. The van der Waals surface area contributed by atoms with Crippen molar-refractivity contribution in [1.82, 2.24) is 9.78 Å². The first-order chi connectivity index (χ1) is 14.4. The van der Waals surface area contributed by atoms with Crippen molar-refractivity contribution in [2.75, 3.05) is 17.4 Å². The molecule has 1 N–H and O–H groups in total. The number of quaternary nitrogens is 1. The number of sulfonamides is 1. The van der Waals surface area contributed by atoms with Gasteiger partial charge in [0.25, 0.3) is 10.0 Å². The summed E-state index contributed by atoms with van der Waals surface area (Å²) in [5.74, 6) is 0. The van der Waals surface area contributed by atoms with Crippen LogP contribution < -0.4 is 9.21 Å². The number of nitrogens with one attached hydrogen (secondary N) is 1. The first-order valence-corrected chi connectivity index (χ1v) is 11.9. The van der Waals surface area contributed by atoms with Crippen molar-refractivity contribution in [3.05, 3.63) is 76.6 Å². The van der Waals surface area contributed by atoms with Crippen molar-refractivity contribution in [3.63, 3.8) is 0 Å². The Morgan fingerprint density at radius 1 is 0.967 bits per heavy atom. The number of para-hydroxylation sites is 1. The summed E-state index contributed by atoms with van der Waals surface area (Å²) in [6, 6.07) is 16.3. The van der Waals surface area contributed by atoms with Crippen LogP contribution in [0.15, 0.2) is 53.4 Å². The fourth-order valence-electron chi connectivity index (χ4n) is 4.87. The lowest BCUT2D eigenvalue weighted by atomic mass is 10.0. The molecule has 1 unspecified atom stereocenters. The topological polar surface area (TPSA) is 59.6 Å². The van der Waals surface area contributed by atoms with Crippen LogP contribution in [0.3, 0.4) is 0 Å². The minimum atomic E-state index is -3.64. The van der Waals surface area contributed by atoms with Crippen molar-refractivity contribution in [3.8, 4) is 0 Å². The second-order valence-corrected chi connectivity index (χ2v) is 10.1. The summed E-state index contributed by atoms with van der Waals surface area (Å²) < 4.78 is 30.6. The lowest BCUT2D eigenvalue weighted by Gasteiger charge is -2.26. The number of rotatable bonds is 4. The van der Waals surface area contributed by atoms with Gasteiger partial charge in [-0.25, -0.2) is 13.1 Å². The molecule has 2 aromatic carbocycles. The number of fused-ring (bicyclic) bond motifs is 2. The molecular formula is C23H27N4O2S+. The van der Waals surface area contributed by atoms with Gasteiger partial charge in [0.15, 0.2) is 6.67 Å². The van der Waals surface area contributed by atoms with Crippen molar-refractivity contribution in [1.29, 1.82) is 0 Å². The van der Waals surface area contributed by atoms with Crippen LogP contribution in [0, 0.1) is 13.8 Å². The van der Waals surface area contributed by atoms with Crippen LogP contribution in [0.2, 0.25) is 0 Å². The minimum absolute atomic E-state index is 0.357. The van der Waals surface area contributed by atoms with Crippen molar-refractivity contribution in [2.24, 2.45) is 0 Å². The highest BCUT2D eigenvalue weighted by molar-refractivity contribution is 7.93. The number of hydrogen-bond acceptors (Lipinski definition) is 3. The number of nitrogens with zero attached hydrogens (tertiary/aromatic N) is 3. The SMILES string of the molecule is Cc1nn(C[NH+]2CCc3ccccc3C2)c(C)c1S(=O)(=O)N1CCc2ccccc21. The van der Waals surface area contributed by atoms with Gasteiger partial charge in [0.1, 0.15) is 11.4 Å². The molecule has 1 atom stereocenters. The normalized spacial score (nSPS) is 18.3. The second-order valence-electron chi connectivity index (χ2n) is 8.31. The Kier molecular flexibility index (Phi) is 4.67. The van der Waals surface area contributed by atoms with Gasteiger partial charge in [-0.05, 0) is 37.5 Å². The van der Waals surface area contributed by atoms with Crippen LogP contribution in [0.4, 0.5) is 5.69 Å². The number of hydrogen-bond donors (Lipinski definition) is 1. The van der Waals surface area contributed by atoms with Gasteiger partial charge in [-0.3, -0.25) is 4.31 Å². The Morgan fingerprint density at radius 3 is 2.47 bits per heavy atom. The lowest BCUT2D eigenvalue weighted by molar-refractivity contribution is -0.939. The highest BCUT2D eigenvalue weighted by Gasteiger charge is 2.35. The molecule has 0 amide bonds. The zero-order valence-corrected chi connectivity index (χ0v) is 18.2. The van der Waals surface area contributed by atoms with Crippen molar-refractivity contribution >= 4 is 15.7 Å². The van der Waals surface area contributed by atoms with Gasteiger partial charge in [0.05, 0.1) is 23.6 Å². The Morgan fingerprint density at radius 2 is 1.67 bits per heavy atom. The molecule has 0 spiro atoms. The van der Waals surface area contributed by atoms with E-state index in [1.165, 1.54) is 16.0 Å². The highest BCUT2D eigenvalue weighted by atomic mass is 32.2. The van der Waals surface area contributed by atoms with Gasteiger partial charge < -0.3 is 4.90 Å². The molecule has 7 heteroatoms. The van der Waals surface area contributed by atoms with E-state index >= 15 is 0 Å². The third kappa shape index (κ3) is 3.13. The molecule has 30 heavy (non-hydrogen) atoms. The van der Waals surface area contributed by atoms with Crippen LogP contribution >= 0.6 is 0 Å². The summed E-state index contributed by atoms with van der Waals surface area (Å²) in [4.78, 5) is 1.76. The molecule has 5 rings (SSSR count). The number of benzene rings is 2. The number of anilines is 1. The van der Waals surface area contributed by atoms with Crippen LogP contribution in [0.25, 0.3) is 0 Å². The predicted molar refractivity (Wildman–Crippen MR) is 116 cm³/mol. The van der Waals surface area contributed by atoms with E-state index in [1.807, 2.05) is 35.9 Å². The molecule has 3 aromatic rings. The van der Waals surface area contributed by atoms with Crippen LogP contribution in [0.1, 0.15) is 28.1 Å². The molecule has 0 aliphatic carbocycles. The summed E-state index contributed by atoms with van der Waals surface area (Å²) >= 11 is 0. The fraction of sp³-hybridized carbons (Fsp3) is 0.348. The van der Waals surface area contributed by atoms with E-state index in [9.17, 15) is 8.42 Å². The molecule has 0 saturated carbocycles. The van der Waals surface area contributed by atoms with E-state index in [2.05, 4.69) is 29.4 Å². The third-order valence-corrected chi connectivity index (χ3v) is 8.45. The molecule has 3 heterocycles. The quantitative estimate of drug-likeness (QED) is 0.697. The van der Waals surface area contributed by atoms with Crippen LogP contribution in [0.5, 0.6) is 0 Å². The summed E-state index contributed by atoms with van der Waals surface area (Å²) in [7, 11) is -3.64. The standard InChI is InChI=1S/C23H26N4O2S/c1-17-23(30(28,29)27-14-12-20-8-5-6-10-22(20)27)18(2)26(24-17)16-25-13-11-19-7-3-4-9-21(19)15-25/h3-10H,11-16H2,1-2H3/p+1. The molecule has 0 radical (unpaired) electrons. The zero-order chi connectivity index (χ0) is 20.9. The average Bonchev–Trinajstić information content (AvgIpc) is 3.29. The molecule has 2 aliphatic heterocycles. The Balaban J connectivity index is 1.43. The Bertz CT molecular complexity index is 1220. The Hall–Kier alpha value is -2.64.